The van der Waals surface area contributed by atoms with E-state index in [1.165, 1.54) is 13.2 Å². The molecule has 6 aromatic rings. The molecule has 11 heteroatoms. The van der Waals surface area contributed by atoms with E-state index in [2.05, 4.69) is 26.6 Å². The summed E-state index contributed by atoms with van der Waals surface area (Å²) in [5.74, 6) is 0.0313. The van der Waals surface area contributed by atoms with E-state index in [0.29, 0.717) is 61.6 Å². The number of sulfonamides is 1. The first-order chi connectivity index (χ1) is 20.6. The van der Waals surface area contributed by atoms with Crippen molar-refractivity contribution in [2.45, 2.75) is 6.92 Å². The molecule has 3 aromatic heterocycles. The number of rotatable bonds is 6. The smallest absolute Gasteiger partial charge is 0.255 e. The van der Waals surface area contributed by atoms with E-state index < -0.39 is 10.0 Å². The van der Waals surface area contributed by atoms with Gasteiger partial charge in [-0.05, 0) is 37.3 Å². The molecule has 2 N–H and O–H groups in total. The average Bonchev–Trinajstić information content (AvgIpc) is 3.61. The Labute approximate surface area is 247 Å². The highest BCUT2D eigenvalue weighted by Gasteiger charge is 2.26. The van der Waals surface area contributed by atoms with Gasteiger partial charge in [-0.25, -0.2) is 8.42 Å². The van der Waals surface area contributed by atoms with Crippen LogP contribution in [0.1, 0.15) is 21.5 Å². The Morgan fingerprint density at radius 3 is 2.51 bits per heavy atom. The Morgan fingerprint density at radius 2 is 1.81 bits per heavy atom. The average molecular weight is 591 g/mol. The van der Waals surface area contributed by atoms with Crippen LogP contribution in [0.4, 0.5) is 5.69 Å². The molecule has 0 aliphatic heterocycles. The second-order valence-corrected chi connectivity index (χ2v) is 12.3. The number of anilines is 1. The van der Waals surface area contributed by atoms with Crippen molar-refractivity contribution in [2.24, 2.45) is 0 Å². The lowest BCUT2D eigenvalue weighted by Gasteiger charge is -2.20. The fraction of sp³-hybridized carbons (Fsp3) is 0.125. The summed E-state index contributed by atoms with van der Waals surface area (Å²) in [6.45, 7) is 1.97. The van der Waals surface area contributed by atoms with E-state index in [1.54, 1.807) is 37.4 Å². The van der Waals surface area contributed by atoms with Crippen molar-refractivity contribution < 1.29 is 17.6 Å². The number of aromatic nitrogens is 3. The first-order valence-electron chi connectivity index (χ1n) is 13.3. The number of aromatic amines is 1. The Hall–Kier alpha value is -5.47. The van der Waals surface area contributed by atoms with E-state index in [1.807, 2.05) is 43.3 Å². The van der Waals surface area contributed by atoms with Gasteiger partial charge < -0.3 is 14.7 Å². The number of carbonyl (C=O) groups excluding carboxylic acids is 1. The summed E-state index contributed by atoms with van der Waals surface area (Å²) in [6.07, 6.45) is 2.65. The van der Waals surface area contributed by atoms with Crippen LogP contribution in [0.3, 0.4) is 0 Å². The minimum atomic E-state index is -3.68. The number of nitrogens with one attached hydrogen (secondary N) is 2. The molecule has 214 valence electrons. The number of nitrogens with zero attached hydrogens (tertiary/aromatic N) is 4. The number of benzene rings is 3. The lowest BCUT2D eigenvalue weighted by atomic mass is 9.98. The van der Waals surface area contributed by atoms with Gasteiger partial charge in [-0.1, -0.05) is 35.9 Å². The van der Waals surface area contributed by atoms with Gasteiger partial charge >= 0.3 is 0 Å². The Kier molecular flexibility index (Phi) is 6.71. The number of hydrogen-bond acceptors (Lipinski definition) is 7. The zero-order chi connectivity index (χ0) is 30.5. The van der Waals surface area contributed by atoms with Crippen molar-refractivity contribution >= 4 is 43.5 Å². The SMILES string of the molecule is CNC(=O)c1c(-c2ccc(C)cc2)oc2cc(N(C)S(C)(=O)=O)c(-c3cnnc(-c4cc5c(C#N)cccc5[nH]4)c3)cc12. The molecule has 3 aromatic carbocycles. The first-order valence-corrected chi connectivity index (χ1v) is 15.1. The van der Waals surface area contributed by atoms with Crippen molar-refractivity contribution in [3.63, 3.8) is 0 Å². The lowest BCUT2D eigenvalue weighted by Crippen LogP contribution is -2.25. The van der Waals surface area contributed by atoms with Gasteiger partial charge in [-0.2, -0.15) is 10.4 Å². The van der Waals surface area contributed by atoms with Crippen LogP contribution in [-0.2, 0) is 10.0 Å². The van der Waals surface area contributed by atoms with Crippen LogP contribution in [0.2, 0.25) is 0 Å². The van der Waals surface area contributed by atoms with Crippen LogP contribution < -0.4 is 9.62 Å². The van der Waals surface area contributed by atoms with E-state index in [9.17, 15) is 18.5 Å². The van der Waals surface area contributed by atoms with Gasteiger partial charge in [0.1, 0.15) is 17.0 Å². The van der Waals surface area contributed by atoms with Crippen LogP contribution in [-0.4, -0.2) is 49.9 Å². The van der Waals surface area contributed by atoms with E-state index in [0.717, 1.165) is 27.0 Å². The van der Waals surface area contributed by atoms with Crippen molar-refractivity contribution in [3.8, 4) is 39.9 Å². The molecule has 0 saturated carbocycles. The van der Waals surface area contributed by atoms with Crippen molar-refractivity contribution in [1.29, 1.82) is 5.26 Å². The molecule has 6 rings (SSSR count). The third-order valence-electron chi connectivity index (χ3n) is 7.44. The molecule has 0 spiro atoms. The van der Waals surface area contributed by atoms with Crippen molar-refractivity contribution in [2.75, 3.05) is 24.7 Å². The molecule has 0 atom stereocenters. The number of nitriles is 1. The maximum Gasteiger partial charge on any atom is 0.255 e. The maximum absolute atomic E-state index is 13.2. The molecular weight excluding hydrogens is 564 g/mol. The van der Waals surface area contributed by atoms with Gasteiger partial charge in [0.15, 0.2) is 0 Å². The van der Waals surface area contributed by atoms with Crippen molar-refractivity contribution in [3.05, 3.63) is 89.6 Å². The Bertz CT molecular complexity index is 2210. The molecule has 3 heterocycles. The van der Waals surface area contributed by atoms with Crippen LogP contribution in [0.5, 0.6) is 0 Å². The summed E-state index contributed by atoms with van der Waals surface area (Å²) in [6, 6.07) is 22.2. The van der Waals surface area contributed by atoms with Gasteiger partial charge in [-0.15, -0.1) is 5.10 Å². The second kappa shape index (κ2) is 10.4. The molecule has 0 radical (unpaired) electrons. The highest BCUT2D eigenvalue weighted by atomic mass is 32.2. The summed E-state index contributed by atoms with van der Waals surface area (Å²) in [4.78, 5) is 16.5. The summed E-state index contributed by atoms with van der Waals surface area (Å²) in [5, 5.41) is 22.0. The quantitative estimate of drug-likeness (QED) is 0.255. The molecule has 0 fully saturated rings. The van der Waals surface area contributed by atoms with E-state index >= 15 is 0 Å². The summed E-state index contributed by atoms with van der Waals surface area (Å²) < 4.78 is 32.9. The fourth-order valence-electron chi connectivity index (χ4n) is 5.10. The summed E-state index contributed by atoms with van der Waals surface area (Å²) >= 11 is 0. The number of aryl methyl sites for hydroxylation is 1. The van der Waals surface area contributed by atoms with E-state index in [4.69, 9.17) is 4.42 Å². The molecule has 0 bridgehead atoms. The number of amides is 1. The third kappa shape index (κ3) is 4.87. The third-order valence-corrected chi connectivity index (χ3v) is 8.63. The number of fused-ring (bicyclic) bond motifs is 2. The maximum atomic E-state index is 13.2. The predicted molar refractivity (Wildman–Crippen MR) is 166 cm³/mol. The zero-order valence-electron chi connectivity index (χ0n) is 23.8. The minimum absolute atomic E-state index is 0.332. The number of furan rings is 1. The topological polar surface area (TPSA) is 145 Å². The highest BCUT2D eigenvalue weighted by Crippen LogP contribution is 2.41. The zero-order valence-corrected chi connectivity index (χ0v) is 24.6. The summed E-state index contributed by atoms with van der Waals surface area (Å²) in [7, 11) is -0.680. The van der Waals surface area contributed by atoms with Crippen LogP contribution >= 0.6 is 0 Å². The van der Waals surface area contributed by atoms with Crippen LogP contribution in [0.15, 0.2) is 77.3 Å². The molecule has 0 unspecified atom stereocenters. The molecule has 0 aliphatic carbocycles. The van der Waals surface area contributed by atoms with Crippen LogP contribution in [0.25, 0.3) is 55.7 Å². The Morgan fingerprint density at radius 1 is 1.05 bits per heavy atom. The number of carbonyl (C=O) groups is 1. The standard InChI is InChI=1S/C32H26N6O4S/c1-18-8-10-19(11-9-18)31-30(32(39)34-2)24-13-23(28(15-29(24)42-31)38(3)43(4,40)41)21-12-27(37-35-17-21)26-14-22-20(16-33)6-5-7-25(22)36-26/h5-15,17,36H,1-4H3,(H,34,39). The second-order valence-electron chi connectivity index (χ2n) is 10.2. The normalized spacial score (nSPS) is 11.5. The number of H-pyrrole nitrogens is 1. The molecule has 0 aliphatic rings. The van der Waals surface area contributed by atoms with E-state index in [-0.39, 0.29) is 5.91 Å². The Balaban J connectivity index is 1.60. The van der Waals surface area contributed by atoms with Gasteiger partial charge in [0, 0.05) is 53.1 Å². The monoisotopic (exact) mass is 590 g/mol. The molecule has 0 saturated heterocycles. The minimum Gasteiger partial charge on any atom is -0.455 e. The van der Waals surface area contributed by atoms with Gasteiger partial charge in [0.05, 0.1) is 41.0 Å². The molecule has 10 nitrogen and oxygen atoms in total. The highest BCUT2D eigenvalue weighted by molar-refractivity contribution is 7.92. The largest absolute Gasteiger partial charge is 0.455 e. The van der Waals surface area contributed by atoms with Crippen molar-refractivity contribution in [1.82, 2.24) is 20.5 Å². The van der Waals surface area contributed by atoms with Crippen LogP contribution in [0, 0.1) is 18.3 Å². The van der Waals surface area contributed by atoms with Gasteiger partial charge in [0.25, 0.3) is 5.91 Å². The fourth-order valence-corrected chi connectivity index (χ4v) is 5.61. The molecule has 1 amide bonds. The number of hydrogen-bond donors (Lipinski definition) is 2. The summed E-state index contributed by atoms with van der Waals surface area (Å²) in [5.41, 5.74) is 6.29. The molecular formula is C32H26N6O4S. The van der Waals surface area contributed by atoms with Gasteiger partial charge in [-0.3, -0.25) is 9.10 Å². The lowest BCUT2D eigenvalue weighted by molar-refractivity contribution is 0.0964. The van der Waals surface area contributed by atoms with Gasteiger partial charge in [0.2, 0.25) is 10.0 Å². The predicted octanol–water partition coefficient (Wildman–Crippen LogP) is 5.64. The first kappa shape index (κ1) is 27.7. The molecule has 43 heavy (non-hydrogen) atoms.